The minimum atomic E-state index is -0.888. The highest BCUT2D eigenvalue weighted by Crippen LogP contribution is 2.21. The average Bonchev–Trinajstić information content (AvgIpc) is 2.85. The Morgan fingerprint density at radius 1 is 1.53 bits per heavy atom. The van der Waals surface area contributed by atoms with Gasteiger partial charge in [-0.2, -0.15) is 4.98 Å². The molecule has 1 aromatic heterocycles. The van der Waals surface area contributed by atoms with Crippen LogP contribution in [0, 0.1) is 0 Å². The van der Waals surface area contributed by atoms with Crippen molar-refractivity contribution in [2.24, 2.45) is 0 Å². The first-order valence-electron chi connectivity index (χ1n) is 4.69. The highest BCUT2D eigenvalue weighted by atomic mass is 32.2. The summed E-state index contributed by atoms with van der Waals surface area (Å²) in [6.45, 7) is 1.89. The van der Waals surface area contributed by atoms with Crippen molar-refractivity contribution in [3.8, 4) is 0 Å². The molecule has 0 saturated carbocycles. The van der Waals surface area contributed by atoms with Gasteiger partial charge >= 0.3 is 5.97 Å². The van der Waals surface area contributed by atoms with Crippen molar-refractivity contribution >= 4 is 23.7 Å². The SMILES string of the molecule is O=C(O)CSc1nc(N2CCCC2)no1. The topological polar surface area (TPSA) is 79.5 Å². The van der Waals surface area contributed by atoms with Crippen molar-refractivity contribution in [1.82, 2.24) is 10.1 Å². The molecule has 0 amide bonds. The molecule has 2 rings (SSSR count). The third-order valence-electron chi connectivity index (χ3n) is 2.10. The molecular weight excluding hydrogens is 218 g/mol. The first kappa shape index (κ1) is 10.3. The fraction of sp³-hybridized carbons (Fsp3) is 0.625. The number of hydrogen-bond acceptors (Lipinski definition) is 6. The van der Waals surface area contributed by atoms with Crippen LogP contribution in [0.25, 0.3) is 0 Å². The van der Waals surface area contributed by atoms with E-state index in [4.69, 9.17) is 9.63 Å². The van der Waals surface area contributed by atoms with E-state index in [-0.39, 0.29) is 5.75 Å². The molecule has 0 radical (unpaired) electrons. The molecule has 1 aliphatic heterocycles. The molecule has 0 bridgehead atoms. The Morgan fingerprint density at radius 3 is 2.93 bits per heavy atom. The van der Waals surface area contributed by atoms with Gasteiger partial charge in [-0.1, -0.05) is 11.8 Å². The van der Waals surface area contributed by atoms with E-state index in [2.05, 4.69) is 10.1 Å². The van der Waals surface area contributed by atoms with E-state index in [0.717, 1.165) is 37.7 Å². The van der Waals surface area contributed by atoms with Crippen LogP contribution in [0.5, 0.6) is 0 Å². The van der Waals surface area contributed by atoms with Crippen molar-refractivity contribution in [2.75, 3.05) is 23.7 Å². The van der Waals surface area contributed by atoms with Gasteiger partial charge in [0.1, 0.15) is 5.75 Å². The third kappa shape index (κ3) is 2.62. The lowest BCUT2D eigenvalue weighted by Gasteiger charge is -2.09. The van der Waals surface area contributed by atoms with Crippen molar-refractivity contribution in [3.63, 3.8) is 0 Å². The van der Waals surface area contributed by atoms with Crippen LogP contribution in [0.4, 0.5) is 5.95 Å². The van der Waals surface area contributed by atoms with Gasteiger partial charge in [-0.05, 0) is 18.0 Å². The maximum absolute atomic E-state index is 10.3. The summed E-state index contributed by atoms with van der Waals surface area (Å²) in [5.74, 6) is -0.372. The lowest BCUT2D eigenvalue weighted by atomic mass is 10.4. The number of aromatic nitrogens is 2. The van der Waals surface area contributed by atoms with Gasteiger partial charge < -0.3 is 14.5 Å². The van der Waals surface area contributed by atoms with E-state index in [9.17, 15) is 4.79 Å². The number of rotatable bonds is 4. The molecule has 1 fully saturated rings. The number of carboxylic acid groups (broad SMARTS) is 1. The predicted molar refractivity (Wildman–Crippen MR) is 54.1 cm³/mol. The molecule has 0 unspecified atom stereocenters. The minimum absolute atomic E-state index is 0.0539. The molecule has 82 valence electrons. The average molecular weight is 229 g/mol. The number of aliphatic carboxylic acids is 1. The zero-order valence-electron chi connectivity index (χ0n) is 8.05. The maximum atomic E-state index is 10.3. The van der Waals surface area contributed by atoms with Crippen LogP contribution in [0.3, 0.4) is 0 Å². The first-order valence-corrected chi connectivity index (χ1v) is 5.67. The lowest BCUT2D eigenvalue weighted by molar-refractivity contribution is -0.133. The molecule has 0 aromatic carbocycles. The summed E-state index contributed by atoms with van der Waals surface area (Å²) in [5.41, 5.74) is 0. The first-order chi connectivity index (χ1) is 7.25. The van der Waals surface area contributed by atoms with Crippen molar-refractivity contribution in [2.45, 2.75) is 18.1 Å². The number of carboxylic acids is 1. The second-order valence-electron chi connectivity index (χ2n) is 3.24. The van der Waals surface area contributed by atoms with Crippen LogP contribution in [-0.4, -0.2) is 40.1 Å². The number of anilines is 1. The van der Waals surface area contributed by atoms with Gasteiger partial charge in [0.2, 0.25) is 0 Å². The molecule has 15 heavy (non-hydrogen) atoms. The van der Waals surface area contributed by atoms with Gasteiger partial charge in [0, 0.05) is 13.1 Å². The molecule has 7 heteroatoms. The summed E-state index contributed by atoms with van der Waals surface area (Å²) in [6, 6.07) is 0. The van der Waals surface area contributed by atoms with E-state index in [0.29, 0.717) is 11.2 Å². The smallest absolute Gasteiger partial charge is 0.314 e. The third-order valence-corrected chi connectivity index (χ3v) is 2.91. The molecule has 1 aromatic rings. The van der Waals surface area contributed by atoms with Crippen LogP contribution < -0.4 is 4.90 Å². The Hall–Kier alpha value is -1.24. The van der Waals surface area contributed by atoms with E-state index in [1.165, 1.54) is 0 Å². The maximum Gasteiger partial charge on any atom is 0.314 e. The second-order valence-corrected chi connectivity index (χ2v) is 4.16. The van der Waals surface area contributed by atoms with Crippen LogP contribution in [0.2, 0.25) is 0 Å². The minimum Gasteiger partial charge on any atom is -0.481 e. The predicted octanol–water partition coefficient (Wildman–Crippen LogP) is 0.847. The highest BCUT2D eigenvalue weighted by Gasteiger charge is 2.18. The Bertz CT molecular complexity index is 349. The zero-order chi connectivity index (χ0) is 10.7. The number of thioether (sulfide) groups is 1. The molecule has 2 heterocycles. The number of nitrogens with zero attached hydrogens (tertiary/aromatic N) is 3. The molecule has 0 spiro atoms. The Kier molecular flexibility index (Phi) is 3.10. The van der Waals surface area contributed by atoms with Crippen molar-refractivity contribution in [1.29, 1.82) is 0 Å². The monoisotopic (exact) mass is 229 g/mol. The molecular formula is C8H11N3O3S. The molecule has 0 aliphatic carbocycles. The van der Waals surface area contributed by atoms with Gasteiger partial charge in [0.05, 0.1) is 0 Å². The zero-order valence-corrected chi connectivity index (χ0v) is 8.87. The molecule has 6 nitrogen and oxygen atoms in total. The Morgan fingerprint density at radius 2 is 2.27 bits per heavy atom. The van der Waals surface area contributed by atoms with Crippen molar-refractivity contribution < 1.29 is 14.4 Å². The summed E-state index contributed by atoms with van der Waals surface area (Å²) in [4.78, 5) is 16.5. The van der Waals surface area contributed by atoms with Crippen LogP contribution in [0.15, 0.2) is 9.75 Å². The van der Waals surface area contributed by atoms with Gasteiger partial charge in [0.15, 0.2) is 0 Å². The summed E-state index contributed by atoms with van der Waals surface area (Å²) < 4.78 is 4.92. The van der Waals surface area contributed by atoms with E-state index in [1.54, 1.807) is 0 Å². The van der Waals surface area contributed by atoms with Crippen LogP contribution >= 0.6 is 11.8 Å². The quantitative estimate of drug-likeness (QED) is 0.766. The van der Waals surface area contributed by atoms with Gasteiger partial charge in [-0.15, -0.1) is 0 Å². The summed E-state index contributed by atoms with van der Waals surface area (Å²) in [6.07, 6.45) is 2.29. The van der Waals surface area contributed by atoms with Gasteiger partial charge in [-0.3, -0.25) is 4.79 Å². The van der Waals surface area contributed by atoms with Crippen molar-refractivity contribution in [3.05, 3.63) is 0 Å². The van der Waals surface area contributed by atoms with E-state index >= 15 is 0 Å². The molecule has 1 saturated heterocycles. The Balaban J connectivity index is 1.94. The highest BCUT2D eigenvalue weighted by molar-refractivity contribution is 7.99. The van der Waals surface area contributed by atoms with Crippen LogP contribution in [-0.2, 0) is 4.79 Å². The fourth-order valence-electron chi connectivity index (χ4n) is 1.43. The standard InChI is InChI=1S/C8H11N3O3S/c12-6(13)5-15-8-9-7(10-14-8)11-3-1-2-4-11/h1-5H2,(H,12,13). The fourth-order valence-corrected chi connectivity index (χ4v) is 1.91. The van der Waals surface area contributed by atoms with Crippen LogP contribution in [0.1, 0.15) is 12.8 Å². The lowest BCUT2D eigenvalue weighted by Crippen LogP contribution is -2.18. The molecule has 0 atom stereocenters. The summed E-state index contributed by atoms with van der Waals surface area (Å²) in [7, 11) is 0. The largest absolute Gasteiger partial charge is 0.481 e. The van der Waals surface area contributed by atoms with Gasteiger partial charge in [-0.25, -0.2) is 0 Å². The molecule has 1 aliphatic rings. The number of hydrogen-bond donors (Lipinski definition) is 1. The molecule has 1 N–H and O–H groups in total. The van der Waals surface area contributed by atoms with Gasteiger partial charge in [0.25, 0.3) is 11.2 Å². The van der Waals surface area contributed by atoms with E-state index in [1.807, 2.05) is 4.90 Å². The summed E-state index contributed by atoms with van der Waals surface area (Å²) >= 11 is 1.04. The van der Waals surface area contributed by atoms with E-state index < -0.39 is 5.97 Å². The second kappa shape index (κ2) is 4.52. The normalized spacial score (nSPS) is 15.9. The number of carbonyl (C=O) groups is 1. The Labute approximate surface area is 90.6 Å². The summed E-state index contributed by atoms with van der Waals surface area (Å²) in [5, 5.41) is 12.6.